The SMILES string of the molecule is COCCn1cnnc1C(C)NC(=O)c1cc2cc(Cl)ccc2oc1=O. The lowest BCUT2D eigenvalue weighted by Gasteiger charge is -2.14. The number of hydrogen-bond donors (Lipinski definition) is 1. The van der Waals surface area contributed by atoms with Gasteiger partial charge in [-0.1, -0.05) is 11.6 Å². The first-order valence-corrected chi connectivity index (χ1v) is 8.28. The van der Waals surface area contributed by atoms with Crippen molar-refractivity contribution in [3.63, 3.8) is 0 Å². The molecule has 136 valence electrons. The number of halogens is 1. The highest BCUT2D eigenvalue weighted by molar-refractivity contribution is 6.31. The van der Waals surface area contributed by atoms with E-state index in [0.29, 0.717) is 35.0 Å². The molecule has 2 heterocycles. The molecule has 0 bridgehead atoms. The quantitative estimate of drug-likeness (QED) is 0.662. The Kier molecular flexibility index (Phi) is 5.34. The Hall–Kier alpha value is -2.71. The van der Waals surface area contributed by atoms with Gasteiger partial charge in [0, 0.05) is 24.1 Å². The highest BCUT2D eigenvalue weighted by Gasteiger charge is 2.20. The molecule has 1 atom stereocenters. The number of nitrogens with one attached hydrogen (secondary N) is 1. The molecule has 1 amide bonds. The number of fused-ring (bicyclic) bond motifs is 1. The molecule has 0 saturated carbocycles. The minimum atomic E-state index is -0.717. The monoisotopic (exact) mass is 376 g/mol. The van der Waals surface area contributed by atoms with Crippen LogP contribution in [-0.4, -0.2) is 34.4 Å². The molecule has 1 unspecified atom stereocenters. The van der Waals surface area contributed by atoms with E-state index in [1.54, 1.807) is 43.1 Å². The Labute approximate surface area is 153 Å². The number of hydrogen-bond acceptors (Lipinski definition) is 6. The highest BCUT2D eigenvalue weighted by atomic mass is 35.5. The van der Waals surface area contributed by atoms with Gasteiger partial charge in [0.1, 0.15) is 17.5 Å². The van der Waals surface area contributed by atoms with Gasteiger partial charge in [-0.2, -0.15) is 0 Å². The van der Waals surface area contributed by atoms with E-state index in [9.17, 15) is 9.59 Å². The van der Waals surface area contributed by atoms with Crippen LogP contribution >= 0.6 is 11.6 Å². The third kappa shape index (κ3) is 3.76. The molecule has 1 N–H and O–H groups in total. The Morgan fingerprint density at radius 2 is 2.23 bits per heavy atom. The lowest BCUT2D eigenvalue weighted by atomic mass is 10.1. The second-order valence-corrected chi connectivity index (χ2v) is 6.14. The van der Waals surface area contributed by atoms with Crippen LogP contribution < -0.4 is 10.9 Å². The summed E-state index contributed by atoms with van der Waals surface area (Å²) in [6.45, 7) is 2.79. The van der Waals surface area contributed by atoms with Crippen molar-refractivity contribution in [2.45, 2.75) is 19.5 Å². The van der Waals surface area contributed by atoms with Crippen LogP contribution in [0.3, 0.4) is 0 Å². The first kappa shape index (κ1) is 18.1. The van der Waals surface area contributed by atoms with Crippen LogP contribution in [0, 0.1) is 0 Å². The second-order valence-electron chi connectivity index (χ2n) is 5.70. The molecule has 0 saturated heterocycles. The van der Waals surface area contributed by atoms with Gasteiger partial charge in [0.25, 0.3) is 5.91 Å². The Balaban J connectivity index is 1.83. The molecule has 0 aliphatic carbocycles. The average molecular weight is 377 g/mol. The van der Waals surface area contributed by atoms with Crippen LogP contribution in [0.1, 0.15) is 29.1 Å². The molecule has 0 aliphatic rings. The first-order valence-electron chi connectivity index (χ1n) is 7.90. The number of amides is 1. The van der Waals surface area contributed by atoms with E-state index in [2.05, 4.69) is 15.5 Å². The van der Waals surface area contributed by atoms with E-state index in [4.69, 9.17) is 20.8 Å². The van der Waals surface area contributed by atoms with Crippen molar-refractivity contribution < 1.29 is 13.9 Å². The summed E-state index contributed by atoms with van der Waals surface area (Å²) >= 11 is 5.95. The fourth-order valence-corrected chi connectivity index (χ4v) is 2.73. The van der Waals surface area contributed by atoms with Gasteiger partial charge in [0.15, 0.2) is 5.82 Å². The maximum Gasteiger partial charge on any atom is 0.349 e. The molecule has 9 heteroatoms. The molecule has 3 aromatic rings. The second kappa shape index (κ2) is 7.67. The summed E-state index contributed by atoms with van der Waals surface area (Å²) in [5.41, 5.74) is -0.455. The van der Waals surface area contributed by atoms with E-state index >= 15 is 0 Å². The van der Waals surface area contributed by atoms with Crippen LogP contribution in [0.2, 0.25) is 5.02 Å². The summed E-state index contributed by atoms with van der Waals surface area (Å²) in [6.07, 6.45) is 1.56. The minimum Gasteiger partial charge on any atom is -0.422 e. The molecular weight excluding hydrogens is 360 g/mol. The Morgan fingerprint density at radius 1 is 1.42 bits per heavy atom. The van der Waals surface area contributed by atoms with E-state index in [0.717, 1.165) is 0 Å². The van der Waals surface area contributed by atoms with E-state index < -0.39 is 17.6 Å². The standard InChI is InChI=1S/C17H17ClN4O4/c1-10(15-21-19-9-22(15)5-6-25-2)20-16(23)13-8-11-7-12(18)3-4-14(11)26-17(13)24/h3-4,7-10H,5-6H2,1-2H3,(H,20,23). The number of carbonyl (C=O) groups excluding carboxylic acids is 1. The van der Waals surface area contributed by atoms with Gasteiger partial charge in [-0.25, -0.2) is 4.79 Å². The van der Waals surface area contributed by atoms with Crippen molar-refractivity contribution in [1.29, 1.82) is 0 Å². The van der Waals surface area contributed by atoms with E-state index in [1.165, 1.54) is 6.07 Å². The summed E-state index contributed by atoms with van der Waals surface area (Å²) in [4.78, 5) is 24.7. The highest BCUT2D eigenvalue weighted by Crippen LogP contribution is 2.19. The van der Waals surface area contributed by atoms with Crippen LogP contribution in [0.15, 0.2) is 39.8 Å². The Bertz CT molecular complexity index is 998. The molecule has 8 nitrogen and oxygen atoms in total. The third-order valence-corrected chi connectivity index (χ3v) is 4.09. The maximum absolute atomic E-state index is 12.5. The number of ether oxygens (including phenoxy) is 1. The zero-order chi connectivity index (χ0) is 18.7. The van der Waals surface area contributed by atoms with Crippen molar-refractivity contribution in [3.8, 4) is 0 Å². The minimum absolute atomic E-state index is 0.102. The summed E-state index contributed by atoms with van der Waals surface area (Å²) in [6, 6.07) is 5.83. The molecule has 0 fully saturated rings. The number of nitrogens with zero attached hydrogens (tertiary/aromatic N) is 3. The lowest BCUT2D eigenvalue weighted by molar-refractivity contribution is 0.0933. The third-order valence-electron chi connectivity index (χ3n) is 3.86. The Morgan fingerprint density at radius 3 is 3.00 bits per heavy atom. The van der Waals surface area contributed by atoms with Gasteiger partial charge < -0.3 is 19.0 Å². The topological polar surface area (TPSA) is 99.2 Å². The fraction of sp³-hybridized carbons (Fsp3) is 0.294. The van der Waals surface area contributed by atoms with Gasteiger partial charge in [-0.05, 0) is 31.2 Å². The van der Waals surface area contributed by atoms with Gasteiger partial charge in [-0.15, -0.1) is 10.2 Å². The first-order chi connectivity index (χ1) is 12.5. The van der Waals surface area contributed by atoms with Crippen LogP contribution in [-0.2, 0) is 11.3 Å². The van der Waals surface area contributed by atoms with Crippen LogP contribution in [0.4, 0.5) is 0 Å². The number of carbonyl (C=O) groups is 1. The van der Waals surface area contributed by atoms with Crippen molar-refractivity contribution in [2.24, 2.45) is 0 Å². The molecule has 0 aliphatic heterocycles. The normalized spacial score (nSPS) is 12.3. The molecule has 2 aromatic heterocycles. The smallest absolute Gasteiger partial charge is 0.349 e. The van der Waals surface area contributed by atoms with E-state index in [1.807, 2.05) is 0 Å². The summed E-state index contributed by atoms with van der Waals surface area (Å²) in [5.74, 6) is -0.00182. The van der Waals surface area contributed by atoms with Crippen molar-refractivity contribution in [2.75, 3.05) is 13.7 Å². The molecular formula is C17H17ClN4O4. The molecule has 3 rings (SSSR count). The summed E-state index contributed by atoms with van der Waals surface area (Å²) < 4.78 is 12.0. The van der Waals surface area contributed by atoms with Gasteiger partial charge >= 0.3 is 5.63 Å². The van der Waals surface area contributed by atoms with Crippen molar-refractivity contribution >= 4 is 28.5 Å². The average Bonchev–Trinajstić information content (AvgIpc) is 3.08. The number of methoxy groups -OCH3 is 1. The predicted octanol–water partition coefficient (Wildman–Crippen LogP) is 2.18. The molecule has 26 heavy (non-hydrogen) atoms. The van der Waals surface area contributed by atoms with Crippen molar-refractivity contribution in [1.82, 2.24) is 20.1 Å². The molecule has 1 aromatic carbocycles. The zero-order valence-electron chi connectivity index (χ0n) is 14.2. The number of aromatic nitrogens is 3. The fourth-order valence-electron chi connectivity index (χ4n) is 2.55. The molecule has 0 radical (unpaired) electrons. The van der Waals surface area contributed by atoms with Crippen molar-refractivity contribution in [3.05, 3.63) is 57.4 Å². The maximum atomic E-state index is 12.5. The number of benzene rings is 1. The summed E-state index contributed by atoms with van der Waals surface area (Å²) in [5, 5.41) is 11.7. The summed E-state index contributed by atoms with van der Waals surface area (Å²) in [7, 11) is 1.60. The largest absolute Gasteiger partial charge is 0.422 e. The van der Waals surface area contributed by atoms with Crippen LogP contribution in [0.5, 0.6) is 0 Å². The zero-order valence-corrected chi connectivity index (χ0v) is 15.0. The van der Waals surface area contributed by atoms with Gasteiger partial charge in [-0.3, -0.25) is 4.79 Å². The molecule has 0 spiro atoms. The van der Waals surface area contributed by atoms with E-state index in [-0.39, 0.29) is 5.56 Å². The number of rotatable bonds is 6. The predicted molar refractivity (Wildman–Crippen MR) is 95.3 cm³/mol. The van der Waals surface area contributed by atoms with Gasteiger partial charge in [0.2, 0.25) is 0 Å². The van der Waals surface area contributed by atoms with Crippen LogP contribution in [0.25, 0.3) is 11.0 Å². The lowest BCUT2D eigenvalue weighted by Crippen LogP contribution is -2.32. The van der Waals surface area contributed by atoms with Gasteiger partial charge in [0.05, 0.1) is 12.6 Å².